The highest BCUT2D eigenvalue weighted by molar-refractivity contribution is 9.09. The Kier molecular flexibility index (Phi) is 4.55. The molecule has 0 unspecified atom stereocenters. The Balaban J connectivity index is 3.74. The van der Waals surface area contributed by atoms with Crippen LogP contribution in [0.2, 0.25) is 0 Å². The summed E-state index contributed by atoms with van der Waals surface area (Å²) in [5.41, 5.74) is 0. The molecule has 0 aromatic carbocycles. The maximum Gasteiger partial charge on any atom is 0.0702 e. The lowest BCUT2D eigenvalue weighted by atomic mass is 10.4. The molecule has 0 bridgehead atoms. The predicted octanol–water partition coefficient (Wildman–Crippen LogP) is 2.19. The lowest BCUT2D eigenvalue weighted by molar-refractivity contribution is 1.27. The van der Waals surface area contributed by atoms with E-state index in [1.54, 1.807) is 0 Å². The van der Waals surface area contributed by atoms with Crippen LogP contribution < -0.4 is 0 Å². The lowest BCUT2D eigenvalue weighted by Crippen LogP contribution is -1.62. The molecule has 0 saturated heterocycles. The van der Waals surface area contributed by atoms with E-state index >= 15 is 0 Å². The van der Waals surface area contributed by atoms with Gasteiger partial charge in [0.05, 0.1) is 14.4 Å². The summed E-state index contributed by atoms with van der Waals surface area (Å²) in [6, 6.07) is 0. The van der Waals surface area contributed by atoms with Crippen LogP contribution in [0.4, 0.5) is 0 Å². The minimum absolute atomic E-state index is 0.443. The standard InChI is InChI=1S/C8H9Br/c1-2-3-4-5-6-7-8-9/h2,5,8H2,1H3/i8D2. The molecule has 0 atom stereocenters. The first kappa shape index (κ1) is 5.39. The summed E-state index contributed by atoms with van der Waals surface area (Å²) in [4.78, 5) is 0. The molecule has 9 heavy (non-hydrogen) atoms. The van der Waals surface area contributed by atoms with Crippen LogP contribution in [-0.2, 0) is 0 Å². The molecule has 0 heterocycles. The molecule has 0 saturated carbocycles. The smallest absolute Gasteiger partial charge is 0.0702 e. The molecule has 48 valence electrons. The Morgan fingerprint density at radius 3 is 2.56 bits per heavy atom. The minimum atomic E-state index is -1.57. The number of alkyl halides is 1. The number of hydrogen-bond donors (Lipinski definition) is 0. The van der Waals surface area contributed by atoms with Crippen LogP contribution in [0.1, 0.15) is 22.5 Å². The molecule has 0 aliphatic carbocycles. The van der Waals surface area contributed by atoms with E-state index in [1.807, 2.05) is 6.92 Å². The van der Waals surface area contributed by atoms with Gasteiger partial charge in [0.25, 0.3) is 0 Å². The molecule has 0 amide bonds. The quantitative estimate of drug-likeness (QED) is 0.402. The van der Waals surface area contributed by atoms with Gasteiger partial charge in [-0.25, -0.2) is 0 Å². The average molecular weight is 187 g/mol. The third kappa shape index (κ3) is 7.60. The Morgan fingerprint density at radius 2 is 2.00 bits per heavy atom. The molecule has 0 aliphatic rings. The monoisotopic (exact) mass is 186 g/mol. The molecular weight excluding hydrogens is 176 g/mol. The molecule has 0 nitrogen and oxygen atoms in total. The van der Waals surface area contributed by atoms with E-state index in [2.05, 4.69) is 39.6 Å². The largest absolute Gasteiger partial charge is 0.103 e. The zero-order chi connectivity index (χ0) is 8.74. The summed E-state index contributed by atoms with van der Waals surface area (Å²) in [6.45, 7) is 1.96. The zero-order valence-corrected chi connectivity index (χ0v) is 6.88. The van der Waals surface area contributed by atoms with Crippen molar-refractivity contribution >= 4 is 15.9 Å². The molecule has 1 heteroatoms. The van der Waals surface area contributed by atoms with Crippen molar-refractivity contribution < 1.29 is 2.74 Å². The first-order valence-corrected chi connectivity index (χ1v) is 3.50. The van der Waals surface area contributed by atoms with Gasteiger partial charge >= 0.3 is 0 Å². The van der Waals surface area contributed by atoms with Crippen LogP contribution in [0.5, 0.6) is 0 Å². The molecule has 0 aliphatic heterocycles. The van der Waals surface area contributed by atoms with Gasteiger partial charge in [0, 0.05) is 6.42 Å². The first-order chi connectivity index (χ1) is 5.06. The highest BCUT2D eigenvalue weighted by Gasteiger charge is 1.64. The highest BCUT2D eigenvalue weighted by atomic mass is 79.9. The fourth-order valence-corrected chi connectivity index (χ4v) is 0.449. The van der Waals surface area contributed by atoms with Gasteiger partial charge in [-0.2, -0.15) is 0 Å². The number of halogens is 1. The second-order valence-corrected chi connectivity index (χ2v) is 1.68. The van der Waals surface area contributed by atoms with Crippen LogP contribution in [0.3, 0.4) is 0 Å². The maximum atomic E-state index is 6.97. The van der Waals surface area contributed by atoms with E-state index in [4.69, 9.17) is 2.74 Å². The van der Waals surface area contributed by atoms with Crippen molar-refractivity contribution in [3.8, 4) is 23.7 Å². The fraction of sp³-hybridized carbons (Fsp3) is 0.500. The summed E-state index contributed by atoms with van der Waals surface area (Å²) in [5, 5.41) is -1.57. The van der Waals surface area contributed by atoms with Crippen molar-refractivity contribution in [1.29, 1.82) is 0 Å². The predicted molar refractivity (Wildman–Crippen MR) is 44.3 cm³/mol. The minimum Gasteiger partial charge on any atom is -0.103 e. The van der Waals surface area contributed by atoms with Crippen molar-refractivity contribution in [2.24, 2.45) is 0 Å². The normalized spacial score (nSPS) is 11.3. The summed E-state index contributed by atoms with van der Waals surface area (Å²) in [6.07, 6.45) is 1.27. The molecule has 0 rings (SSSR count). The molecule has 0 N–H and O–H groups in total. The first-order valence-electron chi connectivity index (χ1n) is 3.71. The van der Waals surface area contributed by atoms with Gasteiger partial charge in [0.1, 0.15) is 0 Å². The third-order valence-electron chi connectivity index (χ3n) is 0.614. The van der Waals surface area contributed by atoms with E-state index in [0.29, 0.717) is 6.42 Å². The second-order valence-electron chi connectivity index (χ2n) is 1.28. The van der Waals surface area contributed by atoms with Crippen LogP contribution >= 0.6 is 15.9 Å². The maximum absolute atomic E-state index is 6.97. The molecule has 0 radical (unpaired) electrons. The Morgan fingerprint density at radius 1 is 1.33 bits per heavy atom. The van der Waals surface area contributed by atoms with Gasteiger partial charge < -0.3 is 0 Å². The Bertz CT molecular complexity index is 218. The topological polar surface area (TPSA) is 0 Å². The molecular formula is C8H9Br. The second kappa shape index (κ2) is 7.60. The average Bonchev–Trinajstić information content (AvgIpc) is 1.85. The van der Waals surface area contributed by atoms with E-state index < -0.39 is 5.28 Å². The summed E-state index contributed by atoms with van der Waals surface area (Å²) in [5.74, 6) is 10.6. The zero-order valence-electron chi connectivity index (χ0n) is 7.29. The summed E-state index contributed by atoms with van der Waals surface area (Å²) >= 11 is 2.76. The third-order valence-corrected chi connectivity index (χ3v) is 0.812. The Labute approximate surface area is 68.0 Å². The van der Waals surface area contributed by atoms with Gasteiger partial charge in [-0.3, -0.25) is 0 Å². The van der Waals surface area contributed by atoms with Crippen molar-refractivity contribution in [1.82, 2.24) is 0 Å². The van der Waals surface area contributed by atoms with Gasteiger partial charge in [-0.05, 0) is 0 Å². The lowest BCUT2D eigenvalue weighted by Gasteiger charge is -1.70. The number of rotatable bonds is 0. The summed E-state index contributed by atoms with van der Waals surface area (Å²) in [7, 11) is 0. The van der Waals surface area contributed by atoms with Crippen molar-refractivity contribution in [3.05, 3.63) is 0 Å². The van der Waals surface area contributed by atoms with E-state index in [9.17, 15) is 0 Å². The summed E-state index contributed by atoms with van der Waals surface area (Å²) < 4.78 is 13.9. The van der Waals surface area contributed by atoms with Crippen LogP contribution in [-0.4, -0.2) is 5.28 Å². The van der Waals surface area contributed by atoms with Gasteiger partial charge in [0.15, 0.2) is 0 Å². The van der Waals surface area contributed by atoms with Crippen LogP contribution in [0.15, 0.2) is 0 Å². The highest BCUT2D eigenvalue weighted by Crippen LogP contribution is 1.76. The van der Waals surface area contributed by atoms with Gasteiger partial charge in [-0.15, -0.1) is 5.92 Å². The SMILES string of the molecule is [2H]C([2H])(Br)C#CCC#CCC. The number of hydrogen-bond acceptors (Lipinski definition) is 0. The molecule has 0 aromatic rings. The van der Waals surface area contributed by atoms with Crippen LogP contribution in [0, 0.1) is 23.7 Å². The molecule has 0 spiro atoms. The van der Waals surface area contributed by atoms with Crippen molar-refractivity contribution in [3.63, 3.8) is 0 Å². The van der Waals surface area contributed by atoms with E-state index in [1.165, 1.54) is 0 Å². The van der Waals surface area contributed by atoms with Crippen molar-refractivity contribution in [2.45, 2.75) is 19.8 Å². The van der Waals surface area contributed by atoms with E-state index in [-0.39, 0.29) is 0 Å². The Hall–Kier alpha value is -0.400. The van der Waals surface area contributed by atoms with E-state index in [0.717, 1.165) is 6.42 Å². The fourth-order valence-electron chi connectivity index (χ4n) is 0.309. The molecule has 0 aromatic heterocycles. The van der Waals surface area contributed by atoms with Gasteiger partial charge in [0.2, 0.25) is 0 Å². The molecule has 0 fully saturated rings. The van der Waals surface area contributed by atoms with Crippen molar-refractivity contribution in [2.75, 3.05) is 5.28 Å². The van der Waals surface area contributed by atoms with Gasteiger partial charge in [-0.1, -0.05) is 40.6 Å². The van der Waals surface area contributed by atoms with Crippen LogP contribution in [0.25, 0.3) is 0 Å².